The van der Waals surface area contributed by atoms with Gasteiger partial charge in [0.15, 0.2) is 17.5 Å². The summed E-state index contributed by atoms with van der Waals surface area (Å²) in [4.78, 5) is 12.7. The number of halogens is 4. The molecule has 1 atom stereocenters. The number of hydrogen-bond acceptors (Lipinski definition) is 4. The maximum atomic E-state index is 14.1. The lowest BCUT2D eigenvalue weighted by Gasteiger charge is -2.19. The van der Waals surface area contributed by atoms with Gasteiger partial charge in [-0.05, 0) is 49.2 Å². The largest absolute Gasteiger partial charge is 0.492 e. The highest BCUT2D eigenvalue weighted by Crippen LogP contribution is 2.27. The fourth-order valence-electron chi connectivity index (χ4n) is 3.06. The topological polar surface area (TPSA) is 84.5 Å². The quantitative estimate of drug-likeness (QED) is 0.408. The van der Waals surface area contributed by atoms with Gasteiger partial charge in [0.05, 0.1) is 22.2 Å². The lowest BCUT2D eigenvalue weighted by atomic mass is 10.1. The monoisotopic (exact) mass is 512 g/mol. The third-order valence-corrected chi connectivity index (χ3v) is 6.47. The minimum atomic E-state index is -4.27. The standard InChI is InChI=1S/C23H20ClF3N2O4S/c1-2-33-20-11-8-15(13-16(20)24)34(31,32)29-19(12-14-6-4-3-5-7-14)23(30)28-18-10-9-17(25)21(26)22(18)27/h3-11,13,19,29H,2,12H2,1H3,(H,28,30). The van der Waals surface area contributed by atoms with Crippen molar-refractivity contribution < 1.29 is 31.1 Å². The molecule has 0 heterocycles. The molecular formula is C23H20ClF3N2O4S. The molecule has 0 fully saturated rings. The Kier molecular flexibility index (Phi) is 8.19. The number of ether oxygens (including phenoxy) is 1. The fourth-order valence-corrected chi connectivity index (χ4v) is 4.58. The average molecular weight is 513 g/mol. The van der Waals surface area contributed by atoms with E-state index in [9.17, 15) is 26.4 Å². The summed E-state index contributed by atoms with van der Waals surface area (Å²) in [5.41, 5.74) is -0.0360. The molecule has 0 aromatic heterocycles. The second kappa shape index (κ2) is 10.9. The van der Waals surface area contributed by atoms with Crippen LogP contribution in [0.15, 0.2) is 65.6 Å². The summed E-state index contributed by atoms with van der Waals surface area (Å²) in [7, 11) is -4.27. The summed E-state index contributed by atoms with van der Waals surface area (Å²) in [5, 5.41) is 2.17. The van der Waals surface area contributed by atoms with Crippen LogP contribution in [-0.2, 0) is 21.2 Å². The zero-order chi connectivity index (χ0) is 24.9. The number of amides is 1. The molecule has 3 rings (SSSR count). The summed E-state index contributed by atoms with van der Waals surface area (Å²) in [5.74, 6) is -5.48. The number of sulfonamides is 1. The van der Waals surface area contributed by atoms with Crippen molar-refractivity contribution in [1.82, 2.24) is 4.72 Å². The minimum absolute atomic E-state index is 0.0534. The zero-order valence-corrected chi connectivity index (χ0v) is 19.4. The van der Waals surface area contributed by atoms with E-state index in [0.717, 1.165) is 6.07 Å². The van der Waals surface area contributed by atoms with E-state index in [1.165, 1.54) is 18.2 Å². The molecule has 34 heavy (non-hydrogen) atoms. The first-order chi connectivity index (χ1) is 16.1. The van der Waals surface area contributed by atoms with Gasteiger partial charge < -0.3 is 10.1 Å². The van der Waals surface area contributed by atoms with Crippen molar-refractivity contribution in [2.24, 2.45) is 0 Å². The van der Waals surface area contributed by atoms with Crippen molar-refractivity contribution in [2.45, 2.75) is 24.3 Å². The third kappa shape index (κ3) is 6.07. The van der Waals surface area contributed by atoms with Crippen molar-refractivity contribution >= 4 is 33.2 Å². The van der Waals surface area contributed by atoms with Crippen molar-refractivity contribution in [3.8, 4) is 5.75 Å². The Morgan fingerprint density at radius 3 is 2.38 bits per heavy atom. The smallest absolute Gasteiger partial charge is 0.242 e. The summed E-state index contributed by atoms with van der Waals surface area (Å²) < 4.78 is 74.4. The number of carbonyl (C=O) groups excluding carboxylic acids is 1. The van der Waals surface area contributed by atoms with Crippen molar-refractivity contribution in [3.63, 3.8) is 0 Å². The normalized spacial score (nSPS) is 12.3. The van der Waals surface area contributed by atoms with E-state index in [2.05, 4.69) is 10.0 Å². The molecule has 0 bridgehead atoms. The van der Waals surface area contributed by atoms with Crippen LogP contribution < -0.4 is 14.8 Å². The van der Waals surface area contributed by atoms with Gasteiger partial charge in [0.25, 0.3) is 0 Å². The van der Waals surface area contributed by atoms with Gasteiger partial charge in [-0.15, -0.1) is 0 Å². The highest BCUT2D eigenvalue weighted by Gasteiger charge is 2.28. The molecule has 0 aliphatic carbocycles. The van der Waals surface area contributed by atoms with Crippen LogP contribution in [0.3, 0.4) is 0 Å². The lowest BCUT2D eigenvalue weighted by molar-refractivity contribution is -0.117. The van der Waals surface area contributed by atoms with Gasteiger partial charge >= 0.3 is 0 Å². The van der Waals surface area contributed by atoms with Gasteiger partial charge in [-0.2, -0.15) is 4.72 Å². The van der Waals surface area contributed by atoms with Crippen LogP contribution in [0.1, 0.15) is 12.5 Å². The molecule has 0 saturated heterocycles. The molecule has 180 valence electrons. The zero-order valence-electron chi connectivity index (χ0n) is 17.8. The van der Waals surface area contributed by atoms with Crippen LogP contribution in [0, 0.1) is 17.5 Å². The molecule has 11 heteroatoms. The molecule has 2 N–H and O–H groups in total. The second-order valence-corrected chi connectivity index (χ2v) is 9.22. The second-order valence-electron chi connectivity index (χ2n) is 7.10. The number of rotatable bonds is 9. The van der Waals surface area contributed by atoms with E-state index in [4.69, 9.17) is 16.3 Å². The first-order valence-electron chi connectivity index (χ1n) is 10.1. The number of carbonyl (C=O) groups is 1. The van der Waals surface area contributed by atoms with Gasteiger partial charge in [-0.3, -0.25) is 4.79 Å². The van der Waals surface area contributed by atoms with E-state index in [1.54, 1.807) is 37.3 Å². The van der Waals surface area contributed by atoms with Crippen LogP contribution in [0.25, 0.3) is 0 Å². The maximum absolute atomic E-state index is 14.1. The molecule has 0 radical (unpaired) electrons. The molecule has 0 saturated carbocycles. The van der Waals surface area contributed by atoms with E-state index in [0.29, 0.717) is 18.2 Å². The molecule has 3 aromatic rings. The van der Waals surface area contributed by atoms with Crippen molar-refractivity contribution in [2.75, 3.05) is 11.9 Å². The highest BCUT2D eigenvalue weighted by atomic mass is 35.5. The van der Waals surface area contributed by atoms with Crippen LogP contribution >= 0.6 is 11.6 Å². The van der Waals surface area contributed by atoms with Gasteiger partial charge in [0.2, 0.25) is 15.9 Å². The summed E-state index contributed by atoms with van der Waals surface area (Å²) in [6.07, 6.45) is -0.109. The number of nitrogens with one attached hydrogen (secondary N) is 2. The summed E-state index contributed by atoms with van der Waals surface area (Å²) in [6.45, 7) is 2.06. The predicted molar refractivity (Wildman–Crippen MR) is 122 cm³/mol. The lowest BCUT2D eigenvalue weighted by Crippen LogP contribution is -2.45. The Hall–Kier alpha value is -3.08. The first kappa shape index (κ1) is 25.5. The molecule has 1 amide bonds. The van der Waals surface area contributed by atoms with Gasteiger partial charge in [-0.25, -0.2) is 21.6 Å². The maximum Gasteiger partial charge on any atom is 0.242 e. The van der Waals surface area contributed by atoms with Crippen LogP contribution in [0.4, 0.5) is 18.9 Å². The van der Waals surface area contributed by atoms with Crippen LogP contribution in [-0.4, -0.2) is 27.0 Å². The van der Waals surface area contributed by atoms with Crippen LogP contribution in [0.5, 0.6) is 5.75 Å². The Bertz CT molecular complexity index is 1290. The Balaban J connectivity index is 1.90. The molecular weight excluding hydrogens is 493 g/mol. The molecule has 0 spiro atoms. The SMILES string of the molecule is CCOc1ccc(S(=O)(=O)NC(Cc2ccccc2)C(=O)Nc2ccc(F)c(F)c2F)cc1Cl. The first-order valence-corrected chi connectivity index (χ1v) is 11.9. The van der Waals surface area contributed by atoms with E-state index in [1.807, 2.05) is 0 Å². The summed E-state index contributed by atoms with van der Waals surface area (Å²) in [6, 6.07) is 12.3. The number of benzene rings is 3. The van der Waals surface area contributed by atoms with Crippen LogP contribution in [0.2, 0.25) is 5.02 Å². The average Bonchev–Trinajstić information content (AvgIpc) is 2.81. The number of anilines is 1. The third-order valence-electron chi connectivity index (χ3n) is 4.70. The Morgan fingerprint density at radius 2 is 1.74 bits per heavy atom. The van der Waals surface area contributed by atoms with E-state index >= 15 is 0 Å². The molecule has 3 aromatic carbocycles. The van der Waals surface area contributed by atoms with E-state index < -0.39 is 45.1 Å². The van der Waals surface area contributed by atoms with Crippen molar-refractivity contribution in [1.29, 1.82) is 0 Å². The minimum Gasteiger partial charge on any atom is -0.492 e. The van der Waals surface area contributed by atoms with Gasteiger partial charge in [0.1, 0.15) is 11.8 Å². The fraction of sp³-hybridized carbons (Fsp3) is 0.174. The summed E-state index contributed by atoms with van der Waals surface area (Å²) >= 11 is 6.09. The predicted octanol–water partition coefficient (Wildman–Crippen LogP) is 4.68. The van der Waals surface area contributed by atoms with Gasteiger partial charge in [0, 0.05) is 0 Å². The van der Waals surface area contributed by atoms with Gasteiger partial charge in [-0.1, -0.05) is 41.9 Å². The molecule has 0 aliphatic heterocycles. The molecule has 6 nitrogen and oxygen atoms in total. The van der Waals surface area contributed by atoms with Crippen molar-refractivity contribution in [3.05, 3.63) is 88.7 Å². The highest BCUT2D eigenvalue weighted by molar-refractivity contribution is 7.89. The molecule has 1 unspecified atom stereocenters. The Labute approximate surface area is 199 Å². The number of hydrogen-bond donors (Lipinski definition) is 2. The molecule has 0 aliphatic rings. The Morgan fingerprint density at radius 1 is 1.03 bits per heavy atom. The van der Waals surface area contributed by atoms with E-state index in [-0.39, 0.29) is 22.1 Å².